The lowest BCUT2D eigenvalue weighted by Gasteiger charge is -2.15. The number of thiophene rings is 1. The van der Waals surface area contributed by atoms with E-state index in [0.29, 0.717) is 23.6 Å². The molecule has 5 heterocycles. The number of benzene rings is 1. The van der Waals surface area contributed by atoms with Gasteiger partial charge in [-0.3, -0.25) is 19.0 Å². The number of nitrogens with one attached hydrogen (secondary N) is 2. The van der Waals surface area contributed by atoms with Gasteiger partial charge in [-0.25, -0.2) is 19.0 Å². The van der Waals surface area contributed by atoms with Crippen molar-refractivity contribution in [1.82, 2.24) is 29.6 Å². The van der Waals surface area contributed by atoms with Crippen LogP contribution in [0.1, 0.15) is 51.9 Å². The van der Waals surface area contributed by atoms with E-state index in [2.05, 4.69) is 25.7 Å². The van der Waals surface area contributed by atoms with Crippen molar-refractivity contribution in [3.05, 3.63) is 93.1 Å². The van der Waals surface area contributed by atoms with E-state index in [1.807, 2.05) is 13.0 Å². The molecule has 0 spiro atoms. The molecule has 6 rings (SSSR count). The molecule has 1 aromatic carbocycles. The van der Waals surface area contributed by atoms with Crippen molar-refractivity contribution in [1.29, 1.82) is 0 Å². The van der Waals surface area contributed by atoms with E-state index in [-0.39, 0.29) is 35.3 Å². The van der Waals surface area contributed by atoms with E-state index in [4.69, 9.17) is 5.73 Å². The summed E-state index contributed by atoms with van der Waals surface area (Å²) in [6.07, 6.45) is 6.04. The van der Waals surface area contributed by atoms with Crippen LogP contribution in [0.4, 0.5) is 15.9 Å². The van der Waals surface area contributed by atoms with Crippen molar-refractivity contribution in [2.24, 2.45) is 0 Å². The van der Waals surface area contributed by atoms with Crippen LogP contribution in [-0.2, 0) is 11.3 Å². The van der Waals surface area contributed by atoms with E-state index in [1.165, 1.54) is 39.2 Å². The highest BCUT2D eigenvalue weighted by Crippen LogP contribution is 2.34. The Kier molecular flexibility index (Phi) is 6.58. The summed E-state index contributed by atoms with van der Waals surface area (Å²) in [5, 5.41) is 10.5. The average Bonchev–Trinajstić information content (AvgIpc) is 3.68. The van der Waals surface area contributed by atoms with Gasteiger partial charge >= 0.3 is 0 Å². The number of nitrogens with zero attached hydrogens (tertiary/aromatic N) is 5. The molecule has 13 heteroatoms. The molecular weight excluding hydrogens is 547 g/mol. The number of hydrogen-bond donors (Lipinski definition) is 3. The zero-order valence-electron chi connectivity index (χ0n) is 22.1. The second-order valence-corrected chi connectivity index (χ2v) is 11.1. The van der Waals surface area contributed by atoms with Crippen molar-refractivity contribution in [3.8, 4) is 5.69 Å². The maximum atomic E-state index is 14.5. The average molecular weight is 573 g/mol. The lowest BCUT2D eigenvalue weighted by Crippen LogP contribution is -2.36. The van der Waals surface area contributed by atoms with Crippen molar-refractivity contribution < 1.29 is 14.0 Å². The van der Waals surface area contributed by atoms with Gasteiger partial charge in [-0.1, -0.05) is 19.1 Å². The third-order valence-electron chi connectivity index (χ3n) is 7.08. The Bertz CT molecular complexity index is 1900. The minimum atomic E-state index is -0.782. The Hall–Kier alpha value is -4.91. The predicted molar refractivity (Wildman–Crippen MR) is 153 cm³/mol. The SMILES string of the molecule is Cc1cccc(-n2cc(C(=O)Nc3cnc4n(c3=O)[C@H](C(=O)NCc3cc5cnc(N)cc5s3)C[C@H]4C)cn2)c1F. The number of nitrogens with two attached hydrogens (primary N) is 1. The van der Waals surface area contributed by atoms with Gasteiger partial charge in [-0.15, -0.1) is 11.3 Å². The van der Waals surface area contributed by atoms with Gasteiger partial charge < -0.3 is 16.4 Å². The van der Waals surface area contributed by atoms with E-state index in [9.17, 15) is 18.8 Å². The lowest BCUT2D eigenvalue weighted by molar-refractivity contribution is -0.124. The van der Waals surface area contributed by atoms with Crippen LogP contribution < -0.4 is 21.9 Å². The number of halogens is 1. The number of carbonyl (C=O) groups is 2. The number of fused-ring (bicyclic) bond motifs is 2. The summed E-state index contributed by atoms with van der Waals surface area (Å²) in [6.45, 7) is 3.81. The molecular formula is C28H25FN8O3S. The van der Waals surface area contributed by atoms with Crippen molar-refractivity contribution >= 4 is 44.7 Å². The summed E-state index contributed by atoms with van der Waals surface area (Å²) in [7, 11) is 0. The zero-order valence-corrected chi connectivity index (χ0v) is 22.9. The van der Waals surface area contributed by atoms with Gasteiger partial charge in [0.1, 0.15) is 29.1 Å². The normalized spacial score (nSPS) is 16.1. The molecule has 41 heavy (non-hydrogen) atoms. The van der Waals surface area contributed by atoms with Crippen LogP contribution in [0.25, 0.3) is 15.8 Å². The van der Waals surface area contributed by atoms with Crippen LogP contribution >= 0.6 is 11.3 Å². The van der Waals surface area contributed by atoms with Gasteiger partial charge in [-0.05, 0) is 37.1 Å². The van der Waals surface area contributed by atoms with E-state index in [0.717, 1.165) is 15.0 Å². The van der Waals surface area contributed by atoms with Crippen molar-refractivity contribution in [2.45, 2.75) is 38.8 Å². The Morgan fingerprint density at radius 1 is 1.20 bits per heavy atom. The van der Waals surface area contributed by atoms with E-state index in [1.54, 1.807) is 37.4 Å². The highest BCUT2D eigenvalue weighted by atomic mass is 32.1. The number of anilines is 2. The minimum absolute atomic E-state index is 0.0743. The molecule has 5 aromatic rings. The molecule has 0 unspecified atom stereocenters. The maximum Gasteiger partial charge on any atom is 0.278 e. The summed E-state index contributed by atoms with van der Waals surface area (Å²) in [5.74, 6) is -0.620. The number of nitrogen functional groups attached to an aromatic ring is 1. The fourth-order valence-electron chi connectivity index (χ4n) is 4.96. The lowest BCUT2D eigenvalue weighted by atomic mass is 10.1. The maximum absolute atomic E-state index is 14.5. The van der Waals surface area contributed by atoms with Gasteiger partial charge in [0.15, 0.2) is 5.82 Å². The fourth-order valence-corrected chi connectivity index (χ4v) is 5.98. The Balaban J connectivity index is 1.20. The molecule has 2 atom stereocenters. The molecule has 11 nitrogen and oxygen atoms in total. The molecule has 1 aliphatic rings. The predicted octanol–water partition coefficient (Wildman–Crippen LogP) is 3.69. The Morgan fingerprint density at radius 2 is 2.02 bits per heavy atom. The van der Waals surface area contributed by atoms with Crippen molar-refractivity contribution in [2.75, 3.05) is 11.1 Å². The first-order valence-corrected chi connectivity index (χ1v) is 13.7. The summed E-state index contributed by atoms with van der Waals surface area (Å²) in [5.41, 5.74) is 5.92. The first-order chi connectivity index (χ1) is 19.7. The van der Waals surface area contributed by atoms with Crippen LogP contribution in [0.3, 0.4) is 0 Å². The number of amides is 2. The quantitative estimate of drug-likeness (QED) is 0.281. The highest BCUT2D eigenvalue weighted by Gasteiger charge is 2.36. The smallest absolute Gasteiger partial charge is 0.278 e. The van der Waals surface area contributed by atoms with Crippen molar-refractivity contribution in [3.63, 3.8) is 0 Å². The van der Waals surface area contributed by atoms with E-state index < -0.39 is 23.3 Å². The van der Waals surface area contributed by atoms with Crippen LogP contribution in [0, 0.1) is 12.7 Å². The molecule has 0 radical (unpaired) electrons. The standard InChI is InChI=1S/C28H25FN8O3S/c1-14-4-3-5-20(24(14)29)36-13-17(10-34-36)26(38)35-19-12-32-25-15(2)6-21(37(25)28(19)40)27(39)33-11-18-7-16-9-31-23(30)8-22(16)41-18/h3-5,7-10,12-13,15,21H,6,11H2,1-2H3,(H2,30,31)(H,33,39)(H,35,38)/t15-,21+/m1/s1. The molecule has 4 aromatic heterocycles. The molecule has 208 valence electrons. The molecule has 0 fully saturated rings. The molecule has 1 aliphatic heterocycles. The fraction of sp³-hybridized carbons (Fsp3) is 0.214. The first kappa shape index (κ1) is 26.3. The Morgan fingerprint density at radius 3 is 2.85 bits per heavy atom. The molecule has 0 bridgehead atoms. The van der Waals surface area contributed by atoms with Gasteiger partial charge in [0.2, 0.25) is 5.91 Å². The minimum Gasteiger partial charge on any atom is -0.384 e. The second kappa shape index (κ2) is 10.2. The molecule has 2 amide bonds. The topological polar surface area (TPSA) is 150 Å². The molecule has 0 aliphatic carbocycles. The van der Waals surface area contributed by atoms with Crippen LogP contribution in [0.2, 0.25) is 0 Å². The third-order valence-corrected chi connectivity index (χ3v) is 8.17. The first-order valence-electron chi connectivity index (χ1n) is 12.8. The summed E-state index contributed by atoms with van der Waals surface area (Å²) in [6, 6.07) is 7.82. The summed E-state index contributed by atoms with van der Waals surface area (Å²) >= 11 is 1.50. The van der Waals surface area contributed by atoms with Crippen LogP contribution in [0.5, 0.6) is 0 Å². The summed E-state index contributed by atoms with van der Waals surface area (Å²) < 4.78 is 18.1. The Labute approximate surface area is 236 Å². The number of hydrogen-bond acceptors (Lipinski definition) is 8. The monoisotopic (exact) mass is 572 g/mol. The van der Waals surface area contributed by atoms with Gasteiger partial charge in [0.25, 0.3) is 11.5 Å². The molecule has 4 N–H and O–H groups in total. The largest absolute Gasteiger partial charge is 0.384 e. The van der Waals surface area contributed by atoms with Gasteiger partial charge in [0, 0.05) is 33.3 Å². The molecule has 0 saturated carbocycles. The van der Waals surface area contributed by atoms with E-state index >= 15 is 0 Å². The zero-order chi connectivity index (χ0) is 28.8. The number of aryl methyl sites for hydroxylation is 1. The molecule has 0 saturated heterocycles. The third kappa shape index (κ3) is 4.84. The number of aromatic nitrogens is 5. The number of carbonyl (C=O) groups excluding carboxylic acids is 2. The highest BCUT2D eigenvalue weighted by molar-refractivity contribution is 7.19. The van der Waals surface area contributed by atoms with Crippen LogP contribution in [-0.4, -0.2) is 36.1 Å². The number of rotatable bonds is 6. The van der Waals surface area contributed by atoms with Gasteiger partial charge in [0.05, 0.1) is 24.5 Å². The van der Waals surface area contributed by atoms with Gasteiger partial charge in [-0.2, -0.15) is 5.10 Å². The second-order valence-electron chi connectivity index (χ2n) is 9.97. The van der Waals surface area contributed by atoms with Crippen LogP contribution in [0.15, 0.2) is 59.9 Å². The number of pyridine rings is 1. The summed E-state index contributed by atoms with van der Waals surface area (Å²) in [4.78, 5) is 49.1.